The fraction of sp³-hybridized carbons (Fsp3) is 0. The Morgan fingerprint density at radius 2 is 1.00 bits per heavy atom. The summed E-state index contributed by atoms with van der Waals surface area (Å²) >= 11 is 0. The van der Waals surface area contributed by atoms with Crippen LogP contribution in [0.15, 0.2) is 158 Å². The average molecular weight is 611 g/mol. The van der Waals surface area contributed by atoms with Crippen LogP contribution >= 0.6 is 0 Å². The summed E-state index contributed by atoms with van der Waals surface area (Å²) in [5.41, 5.74) is 8.47. The number of anilines is 3. The van der Waals surface area contributed by atoms with E-state index in [0.29, 0.717) is 5.95 Å². The molecule has 0 saturated carbocycles. The molecule has 4 heteroatoms. The zero-order valence-corrected chi connectivity index (χ0v) is 25.8. The first-order valence-corrected chi connectivity index (χ1v) is 16.4. The van der Waals surface area contributed by atoms with E-state index in [1.807, 2.05) is 0 Å². The highest BCUT2D eigenvalue weighted by atomic mass is 15.2. The maximum atomic E-state index is 5.46. The molecule has 1 aliphatic rings. The first-order valence-electron chi connectivity index (χ1n) is 16.4. The van der Waals surface area contributed by atoms with Gasteiger partial charge in [-0.2, -0.15) is 0 Å². The van der Waals surface area contributed by atoms with Crippen LogP contribution in [-0.2, 0) is 0 Å². The number of para-hydroxylation sites is 3. The monoisotopic (exact) mass is 610 g/mol. The largest absolute Gasteiger partial charge is 0.309 e. The number of aromatic nitrogens is 3. The molecule has 11 rings (SSSR count). The number of hydrogen-bond donors (Lipinski definition) is 0. The van der Waals surface area contributed by atoms with Crippen molar-refractivity contribution in [3.8, 4) is 17.2 Å². The lowest BCUT2D eigenvalue weighted by molar-refractivity contribution is 1.01. The van der Waals surface area contributed by atoms with Gasteiger partial charge in [0.25, 0.3) is 0 Å². The molecule has 0 unspecified atom stereocenters. The van der Waals surface area contributed by atoms with Gasteiger partial charge in [0.15, 0.2) is 0 Å². The van der Waals surface area contributed by atoms with Gasteiger partial charge in [0.1, 0.15) is 0 Å². The maximum absolute atomic E-state index is 5.46. The molecule has 0 radical (unpaired) electrons. The fourth-order valence-corrected chi connectivity index (χ4v) is 8.07. The molecule has 0 bridgehead atoms. The van der Waals surface area contributed by atoms with Crippen LogP contribution in [0.5, 0.6) is 0 Å². The highest BCUT2D eigenvalue weighted by Gasteiger charge is 2.28. The number of benzene rings is 8. The van der Waals surface area contributed by atoms with Gasteiger partial charge in [-0.1, -0.05) is 109 Å². The minimum absolute atomic E-state index is 0.674. The van der Waals surface area contributed by atoms with Gasteiger partial charge >= 0.3 is 0 Å². The summed E-state index contributed by atoms with van der Waals surface area (Å²) in [6, 6.07) is 56.5. The second-order valence-corrected chi connectivity index (χ2v) is 12.6. The summed E-state index contributed by atoms with van der Waals surface area (Å²) in [5, 5.41) is 11.0. The lowest BCUT2D eigenvalue weighted by Crippen LogP contribution is -2.16. The molecule has 222 valence electrons. The van der Waals surface area contributed by atoms with Gasteiger partial charge in [-0.3, -0.25) is 4.57 Å². The molecule has 4 nitrogen and oxygen atoms in total. The topological polar surface area (TPSA) is 34.0 Å². The van der Waals surface area contributed by atoms with E-state index < -0.39 is 0 Å². The van der Waals surface area contributed by atoms with E-state index in [1.54, 1.807) is 0 Å². The zero-order chi connectivity index (χ0) is 31.3. The Bertz CT molecular complexity index is 2960. The Morgan fingerprint density at radius 1 is 0.396 bits per heavy atom. The van der Waals surface area contributed by atoms with Crippen LogP contribution < -0.4 is 4.90 Å². The Kier molecular flexibility index (Phi) is 5.08. The lowest BCUT2D eigenvalue weighted by Gasteiger charge is -2.32. The van der Waals surface area contributed by atoms with Crippen molar-refractivity contribution < 1.29 is 0 Å². The molecule has 0 fully saturated rings. The number of fused-ring (bicyclic) bond motifs is 11. The highest BCUT2D eigenvalue weighted by molar-refractivity contribution is 6.28. The molecular formula is C44H26N4. The smallest absolute Gasteiger partial charge is 0.235 e. The maximum Gasteiger partial charge on any atom is 0.235 e. The van der Waals surface area contributed by atoms with Gasteiger partial charge in [0.05, 0.1) is 39.0 Å². The Morgan fingerprint density at radius 3 is 1.77 bits per heavy atom. The fourth-order valence-electron chi connectivity index (χ4n) is 8.07. The molecule has 2 aromatic heterocycles. The van der Waals surface area contributed by atoms with Gasteiger partial charge in [0, 0.05) is 22.0 Å². The molecular weight excluding hydrogens is 585 g/mol. The predicted molar refractivity (Wildman–Crippen MR) is 200 cm³/mol. The Labute approximate surface area is 275 Å². The average Bonchev–Trinajstić information content (AvgIpc) is 3.48. The van der Waals surface area contributed by atoms with E-state index in [2.05, 4.69) is 167 Å². The van der Waals surface area contributed by atoms with E-state index in [1.165, 1.54) is 43.1 Å². The molecule has 0 amide bonds. The van der Waals surface area contributed by atoms with Crippen molar-refractivity contribution in [1.82, 2.24) is 14.5 Å². The summed E-state index contributed by atoms with van der Waals surface area (Å²) in [4.78, 5) is 13.1. The van der Waals surface area contributed by atoms with Crippen LogP contribution in [0.3, 0.4) is 0 Å². The van der Waals surface area contributed by atoms with E-state index in [4.69, 9.17) is 9.97 Å². The van der Waals surface area contributed by atoms with Crippen molar-refractivity contribution in [2.45, 2.75) is 0 Å². The van der Waals surface area contributed by atoms with Crippen molar-refractivity contribution in [3.63, 3.8) is 0 Å². The Balaban J connectivity index is 1.27. The molecule has 0 saturated heterocycles. The van der Waals surface area contributed by atoms with Crippen LogP contribution in [0, 0.1) is 0 Å². The summed E-state index contributed by atoms with van der Waals surface area (Å²) in [5.74, 6) is 0.674. The van der Waals surface area contributed by atoms with Gasteiger partial charge in [-0.05, 0) is 80.8 Å². The van der Waals surface area contributed by atoms with E-state index in [9.17, 15) is 0 Å². The lowest BCUT2D eigenvalue weighted by atomic mass is 9.93. The van der Waals surface area contributed by atoms with Crippen LogP contribution in [0.4, 0.5) is 17.1 Å². The molecule has 8 aromatic carbocycles. The molecule has 3 heterocycles. The second-order valence-electron chi connectivity index (χ2n) is 12.6. The minimum Gasteiger partial charge on any atom is -0.309 e. The normalized spacial score (nSPS) is 12.5. The summed E-state index contributed by atoms with van der Waals surface area (Å²) in [6.45, 7) is 0. The third-order valence-electron chi connectivity index (χ3n) is 10.1. The molecule has 10 aromatic rings. The first kappa shape index (κ1) is 25.6. The molecule has 1 aliphatic heterocycles. The third kappa shape index (κ3) is 3.38. The van der Waals surface area contributed by atoms with Gasteiger partial charge < -0.3 is 4.90 Å². The van der Waals surface area contributed by atoms with Crippen molar-refractivity contribution in [2.75, 3.05) is 4.90 Å². The number of rotatable bonds is 2. The summed E-state index contributed by atoms with van der Waals surface area (Å²) < 4.78 is 2.27. The van der Waals surface area contributed by atoms with Crippen molar-refractivity contribution >= 4 is 82.1 Å². The third-order valence-corrected chi connectivity index (χ3v) is 10.1. The SMILES string of the molecule is c1ccc(N2c3ccccc3-c3nc(-n4c5ccccc5c5cc6c7ccccc7c7ccccc7c6cc54)nc4cccc2c34)cc1. The van der Waals surface area contributed by atoms with Crippen molar-refractivity contribution in [3.05, 3.63) is 158 Å². The van der Waals surface area contributed by atoms with Gasteiger partial charge in [-0.15, -0.1) is 0 Å². The van der Waals surface area contributed by atoms with Crippen molar-refractivity contribution in [1.29, 1.82) is 0 Å². The van der Waals surface area contributed by atoms with Crippen molar-refractivity contribution in [2.24, 2.45) is 0 Å². The second kappa shape index (κ2) is 9.50. The summed E-state index contributed by atoms with van der Waals surface area (Å²) in [7, 11) is 0. The quantitative estimate of drug-likeness (QED) is 0.183. The molecule has 0 N–H and O–H groups in total. The number of nitrogens with zero attached hydrogens (tertiary/aromatic N) is 4. The van der Waals surface area contributed by atoms with Crippen LogP contribution in [0.2, 0.25) is 0 Å². The van der Waals surface area contributed by atoms with Gasteiger partial charge in [-0.25, -0.2) is 9.97 Å². The predicted octanol–water partition coefficient (Wildman–Crippen LogP) is 11.6. The van der Waals surface area contributed by atoms with E-state index in [-0.39, 0.29) is 0 Å². The number of hydrogen-bond acceptors (Lipinski definition) is 3. The molecule has 0 spiro atoms. The minimum atomic E-state index is 0.674. The van der Waals surface area contributed by atoms with E-state index in [0.717, 1.165) is 50.3 Å². The standard InChI is InChI=1S/C44H26N4/c1-2-13-27(14-3-1)47-39-23-11-9-20-33(39)43-42-37(21-12-24-40(42)47)45-44(46-43)48-38-22-10-8-19-32(38)36-25-34-30-17-6-4-15-28(30)29-16-5-7-18-31(29)35(34)26-41(36)48/h1-26H. The zero-order valence-electron chi connectivity index (χ0n) is 25.8. The van der Waals surface area contributed by atoms with Gasteiger partial charge in [0.2, 0.25) is 5.95 Å². The molecule has 0 aliphatic carbocycles. The van der Waals surface area contributed by atoms with E-state index >= 15 is 0 Å². The Hall–Kier alpha value is -6.52. The molecule has 0 atom stereocenters. The van der Waals surface area contributed by atoms with Crippen LogP contribution in [0.25, 0.3) is 82.2 Å². The van der Waals surface area contributed by atoms with Crippen LogP contribution in [0.1, 0.15) is 0 Å². The summed E-state index contributed by atoms with van der Waals surface area (Å²) in [6.07, 6.45) is 0. The van der Waals surface area contributed by atoms with Crippen LogP contribution in [-0.4, -0.2) is 14.5 Å². The molecule has 48 heavy (non-hydrogen) atoms. The highest BCUT2D eigenvalue weighted by Crippen LogP contribution is 2.50. The first-order chi connectivity index (χ1) is 23.8.